The van der Waals surface area contributed by atoms with Crippen molar-refractivity contribution in [1.29, 1.82) is 0 Å². The normalized spacial score (nSPS) is 27.7. The van der Waals surface area contributed by atoms with E-state index in [1.165, 1.54) is 7.11 Å². The van der Waals surface area contributed by atoms with Gasteiger partial charge in [-0.3, -0.25) is 9.59 Å². The summed E-state index contributed by atoms with van der Waals surface area (Å²) in [6.07, 6.45) is 1.84. The highest BCUT2D eigenvalue weighted by Crippen LogP contribution is 2.54. The van der Waals surface area contributed by atoms with Gasteiger partial charge in [-0.25, -0.2) is 0 Å². The third-order valence-electron chi connectivity index (χ3n) is 3.47. The van der Waals surface area contributed by atoms with E-state index in [-0.39, 0.29) is 23.7 Å². The minimum atomic E-state index is -0.865. The van der Waals surface area contributed by atoms with Crippen molar-refractivity contribution < 1.29 is 14.3 Å². The standard InChI is InChI=1S/C11H15Cl2NO3/c1-17-10(16)7-2-4-14(5-3-7)9(15)8-6-11(8,12)13/h7-8H,2-6H2,1H3. The van der Waals surface area contributed by atoms with Crippen molar-refractivity contribution in [3.8, 4) is 0 Å². The number of carbonyl (C=O) groups is 2. The van der Waals surface area contributed by atoms with Crippen LogP contribution in [0.25, 0.3) is 0 Å². The predicted octanol–water partition coefficient (Wildman–Crippen LogP) is 1.59. The highest BCUT2D eigenvalue weighted by Gasteiger charge is 2.57. The van der Waals surface area contributed by atoms with E-state index in [0.29, 0.717) is 32.4 Å². The first-order valence-corrected chi connectivity index (χ1v) is 6.45. The molecule has 1 unspecified atom stereocenters. The average Bonchev–Trinajstić information content (AvgIpc) is 2.97. The minimum Gasteiger partial charge on any atom is -0.469 e. The summed E-state index contributed by atoms with van der Waals surface area (Å²) in [6.45, 7) is 1.16. The third-order valence-corrected chi connectivity index (χ3v) is 4.30. The Labute approximate surface area is 110 Å². The SMILES string of the molecule is COC(=O)C1CCN(C(=O)C2CC2(Cl)Cl)CC1. The molecule has 0 bridgehead atoms. The van der Waals surface area contributed by atoms with Crippen molar-refractivity contribution in [2.75, 3.05) is 20.2 Å². The quantitative estimate of drug-likeness (QED) is 0.570. The Morgan fingerprint density at radius 2 is 1.82 bits per heavy atom. The molecular weight excluding hydrogens is 265 g/mol. The summed E-state index contributed by atoms with van der Waals surface area (Å²) >= 11 is 11.7. The molecule has 2 fully saturated rings. The molecule has 1 aliphatic carbocycles. The highest BCUT2D eigenvalue weighted by molar-refractivity contribution is 6.52. The number of hydrogen-bond acceptors (Lipinski definition) is 3. The summed E-state index contributed by atoms with van der Waals surface area (Å²) in [5.41, 5.74) is 0. The van der Waals surface area contributed by atoms with Crippen LogP contribution >= 0.6 is 23.2 Å². The average molecular weight is 280 g/mol. The number of esters is 1. The van der Waals surface area contributed by atoms with Gasteiger partial charge in [-0.2, -0.15) is 0 Å². The maximum Gasteiger partial charge on any atom is 0.308 e. The van der Waals surface area contributed by atoms with Gasteiger partial charge < -0.3 is 9.64 Å². The van der Waals surface area contributed by atoms with Gasteiger partial charge >= 0.3 is 5.97 Å². The number of hydrogen-bond donors (Lipinski definition) is 0. The Bertz CT molecular complexity index is 338. The second-order valence-corrected chi connectivity index (χ2v) is 6.18. The number of amides is 1. The molecule has 0 aromatic heterocycles. The monoisotopic (exact) mass is 279 g/mol. The van der Waals surface area contributed by atoms with Crippen molar-refractivity contribution >= 4 is 35.1 Å². The molecule has 96 valence electrons. The number of rotatable bonds is 2. The smallest absolute Gasteiger partial charge is 0.308 e. The highest BCUT2D eigenvalue weighted by atomic mass is 35.5. The lowest BCUT2D eigenvalue weighted by molar-refractivity contribution is -0.149. The maximum atomic E-state index is 12.0. The lowest BCUT2D eigenvalue weighted by Crippen LogP contribution is -2.41. The summed E-state index contributed by atoms with van der Waals surface area (Å²) in [6, 6.07) is 0. The second kappa shape index (κ2) is 4.65. The van der Waals surface area contributed by atoms with E-state index >= 15 is 0 Å². The maximum absolute atomic E-state index is 12.0. The van der Waals surface area contributed by atoms with Crippen LogP contribution in [0.2, 0.25) is 0 Å². The van der Waals surface area contributed by atoms with Crippen LogP contribution in [0, 0.1) is 11.8 Å². The zero-order valence-electron chi connectivity index (χ0n) is 9.62. The first-order valence-electron chi connectivity index (χ1n) is 5.70. The van der Waals surface area contributed by atoms with Crippen LogP contribution in [-0.4, -0.2) is 41.3 Å². The van der Waals surface area contributed by atoms with Gasteiger partial charge in [0.1, 0.15) is 4.33 Å². The fraction of sp³-hybridized carbons (Fsp3) is 0.818. The molecule has 1 saturated carbocycles. The molecule has 2 aliphatic rings. The summed E-state index contributed by atoms with van der Waals surface area (Å²) in [5.74, 6) is -0.522. The summed E-state index contributed by atoms with van der Waals surface area (Å²) < 4.78 is 3.83. The number of methoxy groups -OCH3 is 1. The topological polar surface area (TPSA) is 46.6 Å². The number of ether oxygens (including phenoxy) is 1. The number of nitrogens with zero attached hydrogens (tertiary/aromatic N) is 1. The molecule has 17 heavy (non-hydrogen) atoms. The van der Waals surface area contributed by atoms with Gasteiger partial charge in [0, 0.05) is 13.1 Å². The van der Waals surface area contributed by atoms with Crippen LogP contribution < -0.4 is 0 Å². The Balaban J connectivity index is 1.83. The first kappa shape index (κ1) is 13.0. The van der Waals surface area contributed by atoms with Crippen LogP contribution in [0.5, 0.6) is 0 Å². The number of piperidine rings is 1. The Morgan fingerprint density at radius 3 is 2.24 bits per heavy atom. The van der Waals surface area contributed by atoms with Crippen molar-refractivity contribution in [2.24, 2.45) is 11.8 Å². The molecular formula is C11H15Cl2NO3. The van der Waals surface area contributed by atoms with E-state index in [4.69, 9.17) is 27.9 Å². The zero-order valence-corrected chi connectivity index (χ0v) is 11.1. The molecule has 0 spiro atoms. The lowest BCUT2D eigenvalue weighted by Gasteiger charge is -2.31. The van der Waals surface area contributed by atoms with E-state index in [0.717, 1.165) is 0 Å². The molecule has 1 heterocycles. The van der Waals surface area contributed by atoms with Crippen LogP contribution in [0.15, 0.2) is 0 Å². The van der Waals surface area contributed by atoms with Crippen molar-refractivity contribution in [2.45, 2.75) is 23.6 Å². The van der Waals surface area contributed by atoms with Crippen LogP contribution in [-0.2, 0) is 14.3 Å². The van der Waals surface area contributed by atoms with E-state index < -0.39 is 4.33 Å². The molecule has 0 aromatic rings. The second-order valence-electron chi connectivity index (χ2n) is 4.64. The molecule has 6 heteroatoms. The summed E-state index contributed by atoms with van der Waals surface area (Å²) in [5, 5.41) is 0. The zero-order chi connectivity index (χ0) is 12.6. The summed E-state index contributed by atoms with van der Waals surface area (Å²) in [7, 11) is 1.39. The van der Waals surface area contributed by atoms with Crippen LogP contribution in [0.1, 0.15) is 19.3 Å². The third kappa shape index (κ3) is 2.68. The van der Waals surface area contributed by atoms with Crippen molar-refractivity contribution in [3.63, 3.8) is 0 Å². The molecule has 2 rings (SSSR count). The van der Waals surface area contributed by atoms with Gasteiger partial charge in [0.15, 0.2) is 0 Å². The predicted molar refractivity (Wildman–Crippen MR) is 63.9 cm³/mol. The fourth-order valence-corrected chi connectivity index (χ4v) is 2.70. The number of alkyl halides is 2. The van der Waals surface area contributed by atoms with Crippen LogP contribution in [0.4, 0.5) is 0 Å². The molecule has 4 nitrogen and oxygen atoms in total. The lowest BCUT2D eigenvalue weighted by atomic mass is 9.97. The molecule has 0 radical (unpaired) electrons. The Kier molecular flexibility index (Phi) is 3.55. The molecule has 1 saturated heterocycles. The molecule has 1 aliphatic heterocycles. The molecule has 1 amide bonds. The van der Waals surface area contributed by atoms with Gasteiger partial charge in [0.2, 0.25) is 5.91 Å². The number of likely N-dealkylation sites (tertiary alicyclic amines) is 1. The van der Waals surface area contributed by atoms with Crippen LogP contribution in [0.3, 0.4) is 0 Å². The Hall–Kier alpha value is -0.480. The van der Waals surface area contributed by atoms with Gasteiger partial charge in [-0.15, -0.1) is 23.2 Å². The summed E-state index contributed by atoms with van der Waals surface area (Å²) in [4.78, 5) is 25.0. The van der Waals surface area contributed by atoms with E-state index in [2.05, 4.69) is 0 Å². The van der Waals surface area contributed by atoms with Gasteiger partial charge in [0.25, 0.3) is 0 Å². The van der Waals surface area contributed by atoms with Gasteiger partial charge in [-0.05, 0) is 19.3 Å². The first-order chi connectivity index (χ1) is 7.95. The molecule has 1 atom stereocenters. The Morgan fingerprint density at radius 1 is 1.29 bits per heavy atom. The van der Waals surface area contributed by atoms with E-state index in [9.17, 15) is 9.59 Å². The number of halogens is 2. The van der Waals surface area contributed by atoms with E-state index in [1.54, 1.807) is 4.90 Å². The molecule has 0 aromatic carbocycles. The van der Waals surface area contributed by atoms with Gasteiger partial charge in [0.05, 0.1) is 18.9 Å². The molecule has 0 N–H and O–H groups in total. The largest absolute Gasteiger partial charge is 0.469 e. The fourth-order valence-electron chi connectivity index (χ4n) is 2.20. The minimum absolute atomic E-state index is 0.0123. The van der Waals surface area contributed by atoms with Crippen molar-refractivity contribution in [1.82, 2.24) is 4.90 Å². The van der Waals surface area contributed by atoms with E-state index in [1.807, 2.05) is 0 Å². The number of carbonyl (C=O) groups excluding carboxylic acids is 2. The van der Waals surface area contributed by atoms with Crippen molar-refractivity contribution in [3.05, 3.63) is 0 Å². The van der Waals surface area contributed by atoms with Gasteiger partial charge in [-0.1, -0.05) is 0 Å².